The minimum Gasteiger partial charge on any atom is -0.455 e. The highest BCUT2D eigenvalue weighted by molar-refractivity contribution is 7.89. The molecule has 0 spiro atoms. The number of hydrogen-bond acceptors (Lipinski definition) is 5. The number of rotatable bonds is 8. The van der Waals surface area contributed by atoms with E-state index >= 15 is 0 Å². The molecule has 0 saturated heterocycles. The molecular weight excluding hydrogens is 399 g/mol. The van der Waals surface area contributed by atoms with Crippen LogP contribution < -0.4 is 10.0 Å². The van der Waals surface area contributed by atoms with E-state index in [-0.39, 0.29) is 11.4 Å². The van der Waals surface area contributed by atoms with E-state index in [0.717, 1.165) is 29.8 Å². The fraction of sp³-hybridized carbons (Fsp3) is 0.176. The lowest BCUT2D eigenvalue weighted by molar-refractivity contribution is -0.147. The SMILES string of the molecule is O=C(COC(=O)CNS(=O)(=O)c1ccc(F)cc1)NCc1cccc(Cl)c1. The molecule has 0 fully saturated rings. The van der Waals surface area contributed by atoms with Crippen LogP contribution in [0.2, 0.25) is 5.02 Å². The number of sulfonamides is 1. The summed E-state index contributed by atoms with van der Waals surface area (Å²) in [4.78, 5) is 23.1. The number of amides is 1. The van der Waals surface area contributed by atoms with E-state index in [1.54, 1.807) is 24.3 Å². The molecule has 0 aliphatic heterocycles. The molecule has 7 nitrogen and oxygen atoms in total. The van der Waals surface area contributed by atoms with E-state index in [9.17, 15) is 22.4 Å². The molecule has 10 heteroatoms. The van der Waals surface area contributed by atoms with Crippen LogP contribution >= 0.6 is 11.6 Å². The summed E-state index contributed by atoms with van der Waals surface area (Å²) >= 11 is 5.83. The number of hydrogen-bond donors (Lipinski definition) is 2. The largest absolute Gasteiger partial charge is 0.455 e. The lowest BCUT2D eigenvalue weighted by Gasteiger charge is -2.08. The molecule has 144 valence electrons. The van der Waals surface area contributed by atoms with Gasteiger partial charge in [-0.05, 0) is 42.0 Å². The van der Waals surface area contributed by atoms with E-state index in [2.05, 4.69) is 5.32 Å². The van der Waals surface area contributed by atoms with Crippen molar-refractivity contribution in [3.63, 3.8) is 0 Å². The third kappa shape index (κ3) is 6.97. The molecule has 0 unspecified atom stereocenters. The molecule has 0 aliphatic rings. The average Bonchev–Trinajstić information content (AvgIpc) is 2.63. The van der Waals surface area contributed by atoms with Gasteiger partial charge in [-0.25, -0.2) is 12.8 Å². The van der Waals surface area contributed by atoms with Gasteiger partial charge in [0, 0.05) is 11.6 Å². The Bertz CT molecular complexity index is 919. The number of carbonyl (C=O) groups is 2. The van der Waals surface area contributed by atoms with Crippen LogP contribution in [-0.4, -0.2) is 33.4 Å². The first-order chi connectivity index (χ1) is 12.8. The van der Waals surface area contributed by atoms with E-state index in [1.165, 1.54) is 0 Å². The summed E-state index contributed by atoms with van der Waals surface area (Å²) < 4.78 is 43.4. The summed E-state index contributed by atoms with van der Waals surface area (Å²) in [6.45, 7) is -1.02. The maximum absolute atomic E-state index is 12.8. The maximum Gasteiger partial charge on any atom is 0.321 e. The van der Waals surface area contributed by atoms with Gasteiger partial charge in [0.1, 0.15) is 12.4 Å². The minimum atomic E-state index is -3.99. The topological polar surface area (TPSA) is 102 Å². The van der Waals surface area contributed by atoms with Crippen LogP contribution in [-0.2, 0) is 30.9 Å². The smallest absolute Gasteiger partial charge is 0.321 e. The lowest BCUT2D eigenvalue weighted by Crippen LogP contribution is -2.33. The Hall–Kier alpha value is -2.49. The first kappa shape index (κ1) is 20.8. The van der Waals surface area contributed by atoms with Crippen LogP contribution in [0.1, 0.15) is 5.56 Å². The van der Waals surface area contributed by atoms with Crippen LogP contribution in [0.5, 0.6) is 0 Å². The van der Waals surface area contributed by atoms with Gasteiger partial charge in [-0.3, -0.25) is 9.59 Å². The van der Waals surface area contributed by atoms with E-state index in [0.29, 0.717) is 5.02 Å². The van der Waals surface area contributed by atoms with Gasteiger partial charge in [0.05, 0.1) is 4.90 Å². The third-order valence-corrected chi connectivity index (χ3v) is 4.93. The zero-order valence-corrected chi connectivity index (χ0v) is 15.5. The number of benzene rings is 2. The van der Waals surface area contributed by atoms with Crippen LogP contribution in [0.3, 0.4) is 0 Å². The highest BCUT2D eigenvalue weighted by atomic mass is 35.5. The number of ether oxygens (including phenoxy) is 1. The van der Waals surface area contributed by atoms with Gasteiger partial charge >= 0.3 is 5.97 Å². The van der Waals surface area contributed by atoms with Gasteiger partial charge in [-0.2, -0.15) is 4.72 Å². The van der Waals surface area contributed by atoms with Crippen molar-refractivity contribution in [2.75, 3.05) is 13.2 Å². The Morgan fingerprint density at radius 3 is 2.48 bits per heavy atom. The Morgan fingerprint density at radius 1 is 1.11 bits per heavy atom. The van der Waals surface area contributed by atoms with Crippen molar-refractivity contribution in [2.24, 2.45) is 0 Å². The van der Waals surface area contributed by atoms with Crippen LogP contribution in [0.15, 0.2) is 53.4 Å². The molecule has 27 heavy (non-hydrogen) atoms. The Morgan fingerprint density at radius 2 is 1.81 bits per heavy atom. The number of esters is 1. The molecule has 2 aromatic rings. The van der Waals surface area contributed by atoms with Crippen LogP contribution in [0.4, 0.5) is 4.39 Å². The average molecular weight is 415 g/mol. The molecule has 1 amide bonds. The molecule has 0 bridgehead atoms. The monoisotopic (exact) mass is 414 g/mol. The molecule has 0 saturated carbocycles. The number of halogens is 2. The summed E-state index contributed by atoms with van der Waals surface area (Å²) in [5.74, 6) is -2.07. The van der Waals surface area contributed by atoms with Gasteiger partial charge in [0.15, 0.2) is 6.61 Å². The molecule has 2 rings (SSSR count). The molecule has 0 radical (unpaired) electrons. The number of nitrogens with one attached hydrogen (secondary N) is 2. The first-order valence-electron chi connectivity index (χ1n) is 7.68. The standard InChI is InChI=1S/C17H16ClFN2O5S/c18-13-3-1-2-12(8-13)9-20-16(22)11-26-17(23)10-21-27(24,25)15-6-4-14(19)5-7-15/h1-8,21H,9-11H2,(H,20,22). The Labute approximate surface area is 160 Å². The minimum absolute atomic E-state index is 0.198. The molecule has 0 aromatic heterocycles. The zero-order chi connectivity index (χ0) is 19.9. The quantitative estimate of drug-likeness (QED) is 0.639. The predicted octanol–water partition coefficient (Wildman–Crippen LogP) is 1.62. The molecule has 0 aliphatic carbocycles. The lowest BCUT2D eigenvalue weighted by atomic mass is 10.2. The van der Waals surface area contributed by atoms with Crippen LogP contribution in [0.25, 0.3) is 0 Å². The highest BCUT2D eigenvalue weighted by Crippen LogP contribution is 2.10. The molecule has 2 aromatic carbocycles. The zero-order valence-electron chi connectivity index (χ0n) is 13.9. The second-order valence-electron chi connectivity index (χ2n) is 5.35. The highest BCUT2D eigenvalue weighted by Gasteiger charge is 2.16. The second kappa shape index (κ2) is 9.45. The third-order valence-electron chi connectivity index (χ3n) is 3.27. The molecule has 0 heterocycles. The molecule has 0 atom stereocenters. The molecule has 2 N–H and O–H groups in total. The normalized spacial score (nSPS) is 11.0. The van der Waals surface area contributed by atoms with Crippen molar-refractivity contribution in [1.29, 1.82) is 0 Å². The summed E-state index contributed by atoms with van der Waals surface area (Å²) in [7, 11) is -3.99. The van der Waals surface area contributed by atoms with Crippen LogP contribution in [0, 0.1) is 5.82 Å². The number of carbonyl (C=O) groups excluding carboxylic acids is 2. The van der Waals surface area contributed by atoms with Gasteiger partial charge < -0.3 is 10.1 Å². The van der Waals surface area contributed by atoms with E-state index < -0.39 is 40.9 Å². The van der Waals surface area contributed by atoms with E-state index in [1.807, 2.05) is 4.72 Å². The Balaban J connectivity index is 1.73. The van der Waals surface area contributed by atoms with Crippen molar-refractivity contribution in [1.82, 2.24) is 10.0 Å². The fourth-order valence-corrected chi connectivity index (χ4v) is 3.13. The van der Waals surface area contributed by atoms with Crippen molar-refractivity contribution < 1.29 is 27.1 Å². The molecular formula is C17H16ClFN2O5S. The van der Waals surface area contributed by atoms with Crippen molar-refractivity contribution in [3.05, 3.63) is 64.9 Å². The van der Waals surface area contributed by atoms with Gasteiger partial charge in [-0.15, -0.1) is 0 Å². The maximum atomic E-state index is 12.8. The van der Waals surface area contributed by atoms with Gasteiger partial charge in [0.25, 0.3) is 5.91 Å². The van der Waals surface area contributed by atoms with Gasteiger partial charge in [0.2, 0.25) is 10.0 Å². The van der Waals surface area contributed by atoms with E-state index in [4.69, 9.17) is 16.3 Å². The van der Waals surface area contributed by atoms with Crippen molar-refractivity contribution in [3.8, 4) is 0 Å². The Kier molecular flexibility index (Phi) is 7.28. The summed E-state index contributed by atoms with van der Waals surface area (Å²) in [5.41, 5.74) is 0.772. The van der Waals surface area contributed by atoms with Crippen molar-refractivity contribution >= 4 is 33.5 Å². The first-order valence-corrected chi connectivity index (χ1v) is 9.54. The predicted molar refractivity (Wildman–Crippen MR) is 95.8 cm³/mol. The van der Waals surface area contributed by atoms with Gasteiger partial charge in [-0.1, -0.05) is 23.7 Å². The summed E-state index contributed by atoms with van der Waals surface area (Å²) in [6, 6.07) is 11.0. The van der Waals surface area contributed by atoms with Crippen molar-refractivity contribution in [2.45, 2.75) is 11.4 Å². The summed E-state index contributed by atoms with van der Waals surface area (Å²) in [6.07, 6.45) is 0. The summed E-state index contributed by atoms with van der Waals surface area (Å²) in [5, 5.41) is 3.07. The fourth-order valence-electron chi connectivity index (χ4n) is 1.95. The second-order valence-corrected chi connectivity index (χ2v) is 7.55.